The van der Waals surface area contributed by atoms with Crippen molar-refractivity contribution in [1.29, 1.82) is 0 Å². The smallest absolute Gasteiger partial charge is 0.332 e. The van der Waals surface area contributed by atoms with E-state index in [1.54, 1.807) is 0 Å². The van der Waals surface area contributed by atoms with E-state index < -0.39 is 12.1 Å². The zero-order valence-electron chi connectivity index (χ0n) is 9.30. The first-order chi connectivity index (χ1) is 8.65. The standard InChI is InChI=1S/C12H10BrNO4/c13-6-2-1-3-7-10(6)18-11(14-7)8-4-5-9(17-8)12(15)16/h1-3,8-9H,4-5H2,(H,15,16). The summed E-state index contributed by atoms with van der Waals surface area (Å²) in [4.78, 5) is 15.2. The molecule has 0 amide bonds. The maximum atomic E-state index is 10.8. The summed E-state index contributed by atoms with van der Waals surface area (Å²) in [5.74, 6) is -0.490. The van der Waals surface area contributed by atoms with Crippen LogP contribution in [0.4, 0.5) is 0 Å². The molecule has 1 saturated heterocycles. The van der Waals surface area contributed by atoms with Crippen LogP contribution in [0.2, 0.25) is 0 Å². The summed E-state index contributed by atoms with van der Waals surface area (Å²) in [5, 5.41) is 8.88. The molecule has 2 atom stereocenters. The number of aromatic nitrogens is 1. The number of carboxylic acids is 1. The van der Waals surface area contributed by atoms with Crippen LogP contribution in [0.15, 0.2) is 27.1 Å². The molecule has 1 aromatic carbocycles. The number of para-hydroxylation sites is 1. The van der Waals surface area contributed by atoms with Crippen molar-refractivity contribution in [2.24, 2.45) is 0 Å². The highest BCUT2D eigenvalue weighted by molar-refractivity contribution is 9.10. The molecular weight excluding hydrogens is 302 g/mol. The second-order valence-electron chi connectivity index (χ2n) is 4.17. The van der Waals surface area contributed by atoms with E-state index in [0.29, 0.717) is 24.3 Å². The maximum absolute atomic E-state index is 10.8. The minimum absolute atomic E-state index is 0.370. The van der Waals surface area contributed by atoms with Crippen molar-refractivity contribution in [3.05, 3.63) is 28.6 Å². The lowest BCUT2D eigenvalue weighted by Gasteiger charge is -2.06. The molecule has 94 valence electrons. The monoisotopic (exact) mass is 311 g/mol. The minimum Gasteiger partial charge on any atom is -0.479 e. The van der Waals surface area contributed by atoms with Crippen LogP contribution in [0, 0.1) is 0 Å². The molecule has 6 heteroatoms. The van der Waals surface area contributed by atoms with Gasteiger partial charge in [0.25, 0.3) is 0 Å². The molecule has 1 fully saturated rings. The molecule has 0 bridgehead atoms. The Bertz CT molecular complexity index is 609. The number of hydrogen-bond donors (Lipinski definition) is 1. The molecule has 1 aliphatic rings. The molecule has 0 aliphatic carbocycles. The molecule has 1 aromatic heterocycles. The summed E-state index contributed by atoms with van der Waals surface area (Å²) >= 11 is 3.39. The lowest BCUT2D eigenvalue weighted by Crippen LogP contribution is -2.18. The number of hydrogen-bond acceptors (Lipinski definition) is 4. The molecular formula is C12H10BrNO4. The number of rotatable bonds is 2. The Morgan fingerprint density at radius 3 is 2.94 bits per heavy atom. The van der Waals surface area contributed by atoms with Gasteiger partial charge in [0.15, 0.2) is 11.7 Å². The van der Waals surface area contributed by atoms with Gasteiger partial charge in [-0.05, 0) is 40.9 Å². The first kappa shape index (κ1) is 11.7. The van der Waals surface area contributed by atoms with Gasteiger partial charge in [-0.15, -0.1) is 0 Å². The van der Waals surface area contributed by atoms with Crippen molar-refractivity contribution in [2.45, 2.75) is 25.0 Å². The molecule has 3 rings (SSSR count). The average Bonchev–Trinajstić information content (AvgIpc) is 2.95. The van der Waals surface area contributed by atoms with E-state index in [9.17, 15) is 4.79 Å². The normalized spacial score (nSPS) is 23.6. The molecule has 2 aromatic rings. The fourth-order valence-corrected chi connectivity index (χ4v) is 2.51. The van der Waals surface area contributed by atoms with Crippen LogP contribution in [0.5, 0.6) is 0 Å². The quantitative estimate of drug-likeness (QED) is 0.923. The third-order valence-electron chi connectivity index (χ3n) is 2.95. The molecule has 5 nitrogen and oxygen atoms in total. The van der Waals surface area contributed by atoms with Crippen LogP contribution in [0.25, 0.3) is 11.1 Å². The SMILES string of the molecule is O=C(O)C1CCC(c2nc3cccc(Br)c3o2)O1. The van der Waals surface area contributed by atoms with Gasteiger partial charge in [0.1, 0.15) is 11.6 Å². The van der Waals surface area contributed by atoms with Gasteiger partial charge >= 0.3 is 5.97 Å². The van der Waals surface area contributed by atoms with Gasteiger partial charge in [0.05, 0.1) is 4.47 Å². The summed E-state index contributed by atoms with van der Waals surface area (Å²) in [7, 11) is 0. The van der Waals surface area contributed by atoms with Crippen molar-refractivity contribution in [3.63, 3.8) is 0 Å². The van der Waals surface area contributed by atoms with E-state index in [-0.39, 0.29) is 6.10 Å². The van der Waals surface area contributed by atoms with E-state index in [4.69, 9.17) is 14.3 Å². The molecule has 1 N–H and O–H groups in total. The van der Waals surface area contributed by atoms with Crippen molar-refractivity contribution >= 4 is 33.0 Å². The second-order valence-corrected chi connectivity index (χ2v) is 5.02. The van der Waals surface area contributed by atoms with Crippen LogP contribution < -0.4 is 0 Å². The highest BCUT2D eigenvalue weighted by Crippen LogP contribution is 2.35. The molecule has 2 heterocycles. The fraction of sp³-hybridized carbons (Fsp3) is 0.333. The first-order valence-electron chi connectivity index (χ1n) is 5.58. The lowest BCUT2D eigenvalue weighted by atomic mass is 10.2. The van der Waals surface area contributed by atoms with Gasteiger partial charge in [-0.2, -0.15) is 0 Å². The summed E-state index contributed by atoms with van der Waals surface area (Å²) in [5.41, 5.74) is 1.40. The van der Waals surface area contributed by atoms with Crippen LogP contribution in [0.3, 0.4) is 0 Å². The summed E-state index contributed by atoms with van der Waals surface area (Å²) < 4.78 is 11.9. The highest BCUT2D eigenvalue weighted by Gasteiger charge is 2.34. The largest absolute Gasteiger partial charge is 0.479 e. The molecule has 1 aliphatic heterocycles. The fourth-order valence-electron chi connectivity index (χ4n) is 2.07. The number of benzene rings is 1. The Labute approximate surface area is 111 Å². The van der Waals surface area contributed by atoms with Crippen molar-refractivity contribution < 1.29 is 19.1 Å². The van der Waals surface area contributed by atoms with E-state index in [0.717, 1.165) is 9.99 Å². The van der Waals surface area contributed by atoms with Gasteiger partial charge in [-0.3, -0.25) is 0 Å². The Morgan fingerprint density at radius 2 is 2.28 bits per heavy atom. The number of halogens is 1. The summed E-state index contributed by atoms with van der Waals surface area (Å²) in [6, 6.07) is 5.58. The second kappa shape index (κ2) is 4.37. The molecule has 18 heavy (non-hydrogen) atoms. The van der Waals surface area contributed by atoms with Crippen molar-refractivity contribution in [3.8, 4) is 0 Å². The van der Waals surface area contributed by atoms with Gasteiger partial charge < -0.3 is 14.3 Å². The number of carbonyl (C=O) groups is 1. The topological polar surface area (TPSA) is 72.6 Å². The predicted molar refractivity (Wildman–Crippen MR) is 66.2 cm³/mol. The predicted octanol–water partition coefficient (Wildman–Crippen LogP) is 2.90. The summed E-state index contributed by atoms with van der Waals surface area (Å²) in [6.07, 6.45) is -0.0275. The zero-order valence-corrected chi connectivity index (χ0v) is 10.9. The number of ether oxygens (including phenoxy) is 1. The van der Waals surface area contributed by atoms with Crippen LogP contribution in [-0.4, -0.2) is 22.2 Å². The Morgan fingerprint density at radius 1 is 1.44 bits per heavy atom. The highest BCUT2D eigenvalue weighted by atomic mass is 79.9. The summed E-state index contributed by atoms with van der Waals surface area (Å²) in [6.45, 7) is 0. The zero-order chi connectivity index (χ0) is 12.7. The van der Waals surface area contributed by atoms with Crippen LogP contribution >= 0.6 is 15.9 Å². The van der Waals surface area contributed by atoms with Crippen LogP contribution in [-0.2, 0) is 9.53 Å². The third kappa shape index (κ3) is 1.91. The lowest BCUT2D eigenvalue weighted by molar-refractivity contribution is -0.149. The maximum Gasteiger partial charge on any atom is 0.332 e. The number of carboxylic acid groups (broad SMARTS) is 1. The Hall–Kier alpha value is -1.40. The van der Waals surface area contributed by atoms with Gasteiger partial charge in [-0.1, -0.05) is 6.07 Å². The first-order valence-corrected chi connectivity index (χ1v) is 6.37. The van der Waals surface area contributed by atoms with Crippen molar-refractivity contribution in [2.75, 3.05) is 0 Å². The third-order valence-corrected chi connectivity index (χ3v) is 3.58. The number of oxazole rings is 1. The number of fused-ring (bicyclic) bond motifs is 1. The van der Waals surface area contributed by atoms with Gasteiger partial charge in [0.2, 0.25) is 5.89 Å². The Balaban J connectivity index is 1.92. The van der Waals surface area contributed by atoms with E-state index in [1.165, 1.54) is 0 Å². The molecule has 0 radical (unpaired) electrons. The minimum atomic E-state index is -0.935. The van der Waals surface area contributed by atoms with E-state index in [1.807, 2.05) is 18.2 Å². The average molecular weight is 312 g/mol. The molecule has 0 spiro atoms. The van der Waals surface area contributed by atoms with Crippen LogP contribution in [0.1, 0.15) is 24.8 Å². The molecule has 0 saturated carbocycles. The molecule has 2 unspecified atom stereocenters. The number of aliphatic carboxylic acids is 1. The van der Waals surface area contributed by atoms with Gasteiger partial charge in [0, 0.05) is 0 Å². The van der Waals surface area contributed by atoms with E-state index in [2.05, 4.69) is 20.9 Å². The van der Waals surface area contributed by atoms with E-state index >= 15 is 0 Å². The van der Waals surface area contributed by atoms with Gasteiger partial charge in [-0.25, -0.2) is 9.78 Å². The number of nitrogens with zero attached hydrogens (tertiary/aromatic N) is 1. The Kier molecular flexibility index (Phi) is 2.83. The van der Waals surface area contributed by atoms with Crippen molar-refractivity contribution in [1.82, 2.24) is 4.98 Å².